The van der Waals surface area contributed by atoms with Gasteiger partial charge in [0.25, 0.3) is 0 Å². The Morgan fingerprint density at radius 1 is 0.889 bits per heavy atom. The van der Waals surface area contributed by atoms with E-state index in [1.807, 2.05) is 24.3 Å². The molecular formula is C14H10N2O2. The third-order valence-electron chi connectivity index (χ3n) is 2.56. The Labute approximate surface area is 104 Å². The molecule has 1 N–H and O–H groups in total. The minimum absolute atomic E-state index is 0.204. The molecule has 0 aliphatic rings. The SMILES string of the molecule is Oc1ccc(Oc2ncnc3ccccc23)cc1. The monoisotopic (exact) mass is 238 g/mol. The van der Waals surface area contributed by atoms with E-state index in [2.05, 4.69) is 9.97 Å². The lowest BCUT2D eigenvalue weighted by molar-refractivity contribution is 0.457. The summed E-state index contributed by atoms with van der Waals surface area (Å²) in [6, 6.07) is 14.1. The summed E-state index contributed by atoms with van der Waals surface area (Å²) in [7, 11) is 0. The summed E-state index contributed by atoms with van der Waals surface area (Å²) in [6.07, 6.45) is 1.47. The molecule has 4 nitrogen and oxygen atoms in total. The number of aromatic hydroxyl groups is 1. The first-order valence-corrected chi connectivity index (χ1v) is 5.49. The molecule has 0 fully saturated rings. The predicted molar refractivity (Wildman–Crippen MR) is 67.7 cm³/mol. The zero-order valence-corrected chi connectivity index (χ0v) is 9.45. The van der Waals surface area contributed by atoms with Gasteiger partial charge in [-0.3, -0.25) is 0 Å². The van der Waals surface area contributed by atoms with Crippen LogP contribution in [0.5, 0.6) is 17.4 Å². The summed E-state index contributed by atoms with van der Waals surface area (Å²) in [5.41, 5.74) is 0.835. The molecule has 0 saturated carbocycles. The van der Waals surface area contributed by atoms with E-state index in [1.54, 1.807) is 24.3 Å². The molecule has 2 aromatic carbocycles. The Hall–Kier alpha value is -2.62. The molecule has 0 saturated heterocycles. The van der Waals surface area contributed by atoms with Crippen LogP contribution in [-0.4, -0.2) is 15.1 Å². The van der Waals surface area contributed by atoms with Crippen molar-refractivity contribution >= 4 is 10.9 Å². The van der Waals surface area contributed by atoms with Gasteiger partial charge in [0.15, 0.2) is 0 Å². The van der Waals surface area contributed by atoms with Gasteiger partial charge in [-0.05, 0) is 36.4 Å². The van der Waals surface area contributed by atoms with E-state index in [9.17, 15) is 5.11 Å². The number of aromatic nitrogens is 2. The zero-order chi connectivity index (χ0) is 12.4. The van der Waals surface area contributed by atoms with Crippen molar-refractivity contribution in [1.82, 2.24) is 9.97 Å². The molecule has 3 aromatic rings. The lowest BCUT2D eigenvalue weighted by atomic mass is 10.2. The van der Waals surface area contributed by atoms with Gasteiger partial charge < -0.3 is 9.84 Å². The number of hydrogen-bond acceptors (Lipinski definition) is 4. The molecule has 0 atom stereocenters. The number of phenols is 1. The van der Waals surface area contributed by atoms with Crippen molar-refractivity contribution in [2.45, 2.75) is 0 Å². The molecule has 0 spiro atoms. The summed E-state index contributed by atoms with van der Waals surface area (Å²) in [6.45, 7) is 0. The highest BCUT2D eigenvalue weighted by Crippen LogP contribution is 2.27. The van der Waals surface area contributed by atoms with Gasteiger partial charge in [0.1, 0.15) is 17.8 Å². The van der Waals surface area contributed by atoms with E-state index in [-0.39, 0.29) is 5.75 Å². The van der Waals surface area contributed by atoms with E-state index in [4.69, 9.17) is 4.74 Å². The van der Waals surface area contributed by atoms with Crippen LogP contribution in [-0.2, 0) is 0 Å². The number of ether oxygens (including phenoxy) is 1. The summed E-state index contributed by atoms with van der Waals surface area (Å²) in [5, 5.41) is 10.1. The quantitative estimate of drug-likeness (QED) is 0.745. The van der Waals surface area contributed by atoms with Crippen molar-refractivity contribution in [1.29, 1.82) is 0 Å². The number of nitrogens with zero attached hydrogens (tertiary/aromatic N) is 2. The number of phenolic OH excluding ortho intramolecular Hbond substituents is 1. The highest BCUT2D eigenvalue weighted by Gasteiger charge is 2.05. The number of hydrogen-bond donors (Lipinski definition) is 1. The average molecular weight is 238 g/mol. The van der Waals surface area contributed by atoms with Crippen molar-refractivity contribution < 1.29 is 9.84 Å². The van der Waals surface area contributed by atoms with Gasteiger partial charge in [-0.2, -0.15) is 0 Å². The molecule has 4 heteroatoms. The van der Waals surface area contributed by atoms with E-state index in [0.29, 0.717) is 11.6 Å². The van der Waals surface area contributed by atoms with Crippen LogP contribution >= 0.6 is 0 Å². The fourth-order valence-electron chi connectivity index (χ4n) is 1.69. The molecule has 0 aliphatic heterocycles. The van der Waals surface area contributed by atoms with Gasteiger partial charge in [-0.15, -0.1) is 0 Å². The lowest BCUT2D eigenvalue weighted by Gasteiger charge is -2.06. The Morgan fingerprint density at radius 3 is 2.50 bits per heavy atom. The molecule has 3 rings (SSSR count). The fourth-order valence-corrected chi connectivity index (χ4v) is 1.69. The van der Waals surface area contributed by atoms with Crippen LogP contribution in [0.25, 0.3) is 10.9 Å². The second kappa shape index (κ2) is 4.33. The first kappa shape index (κ1) is 10.5. The highest BCUT2D eigenvalue weighted by molar-refractivity contribution is 5.83. The summed E-state index contributed by atoms with van der Waals surface area (Å²) in [5.74, 6) is 1.33. The van der Waals surface area contributed by atoms with E-state index < -0.39 is 0 Å². The molecule has 0 radical (unpaired) electrons. The lowest BCUT2D eigenvalue weighted by Crippen LogP contribution is -1.90. The standard InChI is InChI=1S/C14H10N2O2/c17-10-5-7-11(8-6-10)18-14-12-3-1-2-4-13(12)15-9-16-14/h1-9,17H. The third-order valence-corrected chi connectivity index (χ3v) is 2.56. The number of benzene rings is 2. The van der Waals surface area contributed by atoms with Crippen LogP contribution in [0.4, 0.5) is 0 Å². The van der Waals surface area contributed by atoms with Gasteiger partial charge in [0.05, 0.1) is 10.9 Å². The molecular weight excluding hydrogens is 228 g/mol. The second-order valence-electron chi connectivity index (χ2n) is 3.79. The zero-order valence-electron chi connectivity index (χ0n) is 9.45. The maximum Gasteiger partial charge on any atom is 0.230 e. The van der Waals surface area contributed by atoms with Crippen molar-refractivity contribution in [3.63, 3.8) is 0 Å². The smallest absolute Gasteiger partial charge is 0.230 e. The topological polar surface area (TPSA) is 55.2 Å². The number of fused-ring (bicyclic) bond motifs is 1. The molecule has 0 unspecified atom stereocenters. The third kappa shape index (κ3) is 1.96. The van der Waals surface area contributed by atoms with Gasteiger partial charge in [-0.1, -0.05) is 12.1 Å². The van der Waals surface area contributed by atoms with Gasteiger partial charge in [0, 0.05) is 0 Å². The maximum absolute atomic E-state index is 9.21. The molecule has 0 aliphatic carbocycles. The van der Waals surface area contributed by atoms with Crippen molar-refractivity contribution in [2.75, 3.05) is 0 Å². The first-order valence-electron chi connectivity index (χ1n) is 5.49. The highest BCUT2D eigenvalue weighted by atomic mass is 16.5. The van der Waals surface area contributed by atoms with Gasteiger partial charge in [-0.25, -0.2) is 9.97 Å². The molecule has 0 amide bonds. The number of para-hydroxylation sites is 1. The first-order chi connectivity index (χ1) is 8.83. The van der Waals surface area contributed by atoms with Crippen molar-refractivity contribution in [2.24, 2.45) is 0 Å². The second-order valence-corrected chi connectivity index (χ2v) is 3.79. The Kier molecular flexibility index (Phi) is 2.53. The Morgan fingerprint density at radius 2 is 1.67 bits per heavy atom. The molecule has 1 aromatic heterocycles. The van der Waals surface area contributed by atoms with Gasteiger partial charge >= 0.3 is 0 Å². The largest absolute Gasteiger partial charge is 0.508 e. The summed E-state index contributed by atoms with van der Waals surface area (Å²) >= 11 is 0. The van der Waals surface area contributed by atoms with E-state index in [1.165, 1.54) is 6.33 Å². The Bertz CT molecular complexity index is 675. The molecule has 88 valence electrons. The predicted octanol–water partition coefficient (Wildman–Crippen LogP) is 3.13. The number of rotatable bonds is 2. The van der Waals surface area contributed by atoms with Crippen LogP contribution in [0, 0.1) is 0 Å². The summed E-state index contributed by atoms with van der Waals surface area (Å²) in [4.78, 5) is 8.30. The molecule has 18 heavy (non-hydrogen) atoms. The molecule has 0 bridgehead atoms. The van der Waals surface area contributed by atoms with Crippen LogP contribution in [0.15, 0.2) is 54.9 Å². The van der Waals surface area contributed by atoms with Crippen molar-refractivity contribution in [3.05, 3.63) is 54.9 Å². The fraction of sp³-hybridized carbons (Fsp3) is 0. The van der Waals surface area contributed by atoms with E-state index >= 15 is 0 Å². The Balaban J connectivity index is 2.02. The summed E-state index contributed by atoms with van der Waals surface area (Å²) < 4.78 is 5.68. The normalized spacial score (nSPS) is 10.4. The minimum atomic E-state index is 0.204. The van der Waals surface area contributed by atoms with Crippen LogP contribution in [0.3, 0.4) is 0 Å². The van der Waals surface area contributed by atoms with E-state index in [0.717, 1.165) is 10.9 Å². The maximum atomic E-state index is 9.21. The van der Waals surface area contributed by atoms with Crippen LogP contribution in [0.1, 0.15) is 0 Å². The van der Waals surface area contributed by atoms with Crippen LogP contribution < -0.4 is 4.74 Å². The average Bonchev–Trinajstić information content (AvgIpc) is 2.42. The van der Waals surface area contributed by atoms with Crippen LogP contribution in [0.2, 0.25) is 0 Å². The molecule has 1 heterocycles. The van der Waals surface area contributed by atoms with Gasteiger partial charge in [0.2, 0.25) is 5.88 Å². The van der Waals surface area contributed by atoms with Crippen molar-refractivity contribution in [3.8, 4) is 17.4 Å². The minimum Gasteiger partial charge on any atom is -0.508 e.